The Labute approximate surface area is 154 Å². The van der Waals surface area contributed by atoms with Crippen LogP contribution in [0.1, 0.15) is 18.4 Å². The zero-order valence-electron chi connectivity index (χ0n) is 14.4. The van der Waals surface area contributed by atoms with Gasteiger partial charge in [-0.1, -0.05) is 36.0 Å². The summed E-state index contributed by atoms with van der Waals surface area (Å²) in [6.07, 6.45) is 2.13. The van der Waals surface area contributed by atoms with Gasteiger partial charge < -0.3 is 4.90 Å². The van der Waals surface area contributed by atoms with Gasteiger partial charge in [-0.2, -0.15) is 0 Å². The predicted octanol–water partition coefficient (Wildman–Crippen LogP) is 2.11. The first-order valence-electron chi connectivity index (χ1n) is 8.58. The molecule has 1 saturated heterocycles. The van der Waals surface area contributed by atoms with Gasteiger partial charge in [-0.05, 0) is 25.3 Å². The maximum absolute atomic E-state index is 12.3. The number of H-pyrrole nitrogens is 1. The second-order valence-electron chi connectivity index (χ2n) is 6.34. The summed E-state index contributed by atoms with van der Waals surface area (Å²) >= 11 is 1.32. The molecule has 26 heavy (non-hydrogen) atoms. The molecule has 3 heterocycles. The third kappa shape index (κ3) is 3.24. The number of carbonyl (C=O) groups excluding carboxylic acids is 1. The molecule has 0 atom stereocenters. The summed E-state index contributed by atoms with van der Waals surface area (Å²) in [6.45, 7) is 3.65. The van der Waals surface area contributed by atoms with Crippen molar-refractivity contribution in [2.24, 2.45) is 0 Å². The lowest BCUT2D eigenvalue weighted by atomic mass is 10.1. The largest absolute Gasteiger partial charge is 0.342 e. The van der Waals surface area contributed by atoms with Crippen LogP contribution in [-0.2, 0) is 4.79 Å². The fourth-order valence-electron chi connectivity index (χ4n) is 3.11. The minimum atomic E-state index is -0.242. The number of aromatic nitrogens is 4. The molecule has 1 fully saturated rings. The van der Waals surface area contributed by atoms with Gasteiger partial charge in [-0.15, -0.1) is 0 Å². The number of hydrogen-bond donors (Lipinski definition) is 1. The Hall–Kier alpha value is -2.61. The maximum atomic E-state index is 12.3. The lowest BCUT2D eigenvalue weighted by Gasteiger charge is -2.15. The number of likely N-dealkylation sites (tertiary alicyclic amines) is 1. The third-order valence-corrected chi connectivity index (χ3v) is 5.42. The number of benzene rings is 1. The molecule has 0 saturated carbocycles. The van der Waals surface area contributed by atoms with Gasteiger partial charge in [0.25, 0.3) is 5.56 Å². The molecule has 0 aliphatic carbocycles. The van der Waals surface area contributed by atoms with E-state index in [1.165, 1.54) is 17.8 Å². The van der Waals surface area contributed by atoms with Crippen molar-refractivity contribution >= 4 is 23.3 Å². The standard InChI is InChI=1S/C18H19N5O2S/c1-12-6-2-3-7-13(12)17-19-14-10-15(24)21-23(14)18(20-17)26-11-16(25)22-8-4-5-9-22/h2-3,6-7,10H,4-5,8-9,11H2,1H3,(H,21,24). The summed E-state index contributed by atoms with van der Waals surface area (Å²) in [5.41, 5.74) is 2.23. The van der Waals surface area contributed by atoms with Crippen LogP contribution in [0.4, 0.5) is 0 Å². The Kier molecular flexibility index (Phi) is 4.50. The van der Waals surface area contributed by atoms with E-state index in [0.717, 1.165) is 37.1 Å². The van der Waals surface area contributed by atoms with Gasteiger partial charge in [-0.3, -0.25) is 14.7 Å². The number of nitrogens with zero attached hydrogens (tertiary/aromatic N) is 4. The average molecular weight is 369 g/mol. The minimum Gasteiger partial charge on any atom is -0.342 e. The molecule has 134 valence electrons. The van der Waals surface area contributed by atoms with E-state index in [1.807, 2.05) is 36.1 Å². The first kappa shape index (κ1) is 16.8. The second kappa shape index (κ2) is 6.95. The molecule has 7 nitrogen and oxygen atoms in total. The number of fused-ring (bicyclic) bond motifs is 1. The number of aromatic amines is 1. The van der Waals surface area contributed by atoms with E-state index in [4.69, 9.17) is 0 Å². The van der Waals surface area contributed by atoms with Crippen molar-refractivity contribution in [3.63, 3.8) is 0 Å². The molecule has 1 aliphatic heterocycles. The van der Waals surface area contributed by atoms with Crippen LogP contribution in [0.15, 0.2) is 40.3 Å². The van der Waals surface area contributed by atoms with E-state index in [1.54, 1.807) is 4.52 Å². The summed E-state index contributed by atoms with van der Waals surface area (Å²) < 4.78 is 1.55. The summed E-state index contributed by atoms with van der Waals surface area (Å²) in [5.74, 6) is 0.948. The van der Waals surface area contributed by atoms with Crippen molar-refractivity contribution in [1.82, 2.24) is 24.5 Å². The Balaban J connectivity index is 1.69. The lowest BCUT2D eigenvalue weighted by molar-refractivity contribution is -0.127. The topological polar surface area (TPSA) is 83.4 Å². The van der Waals surface area contributed by atoms with Gasteiger partial charge in [0, 0.05) is 24.7 Å². The molecule has 1 aromatic carbocycles. The van der Waals surface area contributed by atoms with Crippen molar-refractivity contribution in [1.29, 1.82) is 0 Å². The predicted molar refractivity (Wildman–Crippen MR) is 100 cm³/mol. The number of nitrogens with one attached hydrogen (secondary N) is 1. The van der Waals surface area contributed by atoms with E-state index in [-0.39, 0.29) is 11.5 Å². The van der Waals surface area contributed by atoms with Crippen LogP contribution in [0.3, 0.4) is 0 Å². The highest BCUT2D eigenvalue weighted by Crippen LogP contribution is 2.24. The number of carbonyl (C=O) groups is 1. The molecule has 0 spiro atoms. The van der Waals surface area contributed by atoms with E-state index < -0.39 is 0 Å². The Morgan fingerprint density at radius 3 is 2.77 bits per heavy atom. The van der Waals surface area contributed by atoms with Crippen LogP contribution in [0, 0.1) is 6.92 Å². The number of rotatable bonds is 4. The number of amides is 1. The molecule has 0 unspecified atom stereocenters. The number of thioether (sulfide) groups is 1. The van der Waals surface area contributed by atoms with Gasteiger partial charge in [0.15, 0.2) is 16.6 Å². The zero-order valence-corrected chi connectivity index (χ0v) is 15.3. The molecule has 2 aromatic heterocycles. The van der Waals surface area contributed by atoms with E-state index >= 15 is 0 Å². The van der Waals surface area contributed by atoms with Crippen LogP contribution in [0.25, 0.3) is 17.0 Å². The van der Waals surface area contributed by atoms with E-state index in [0.29, 0.717) is 22.4 Å². The highest BCUT2D eigenvalue weighted by atomic mass is 32.2. The smallest absolute Gasteiger partial charge is 0.266 e. The van der Waals surface area contributed by atoms with Crippen LogP contribution >= 0.6 is 11.8 Å². The summed E-state index contributed by atoms with van der Waals surface area (Å²) in [6, 6.07) is 9.28. The van der Waals surface area contributed by atoms with Gasteiger partial charge >= 0.3 is 0 Å². The van der Waals surface area contributed by atoms with E-state index in [9.17, 15) is 9.59 Å². The first-order chi connectivity index (χ1) is 12.6. The molecule has 8 heteroatoms. The van der Waals surface area contributed by atoms with Gasteiger partial charge in [-0.25, -0.2) is 14.5 Å². The normalized spacial score (nSPS) is 14.3. The Morgan fingerprint density at radius 2 is 2.00 bits per heavy atom. The van der Waals surface area contributed by atoms with Crippen molar-refractivity contribution in [2.45, 2.75) is 24.9 Å². The van der Waals surface area contributed by atoms with Crippen molar-refractivity contribution in [3.05, 3.63) is 46.2 Å². The van der Waals surface area contributed by atoms with Gasteiger partial charge in [0.2, 0.25) is 5.91 Å². The monoisotopic (exact) mass is 369 g/mol. The molecule has 0 bridgehead atoms. The Morgan fingerprint density at radius 1 is 1.23 bits per heavy atom. The fraction of sp³-hybridized carbons (Fsp3) is 0.333. The SMILES string of the molecule is Cc1ccccc1-c1nc(SCC(=O)N2CCCC2)n2[nH]c(=O)cc2n1. The van der Waals surface area contributed by atoms with Crippen LogP contribution in [-0.4, -0.2) is 49.2 Å². The highest BCUT2D eigenvalue weighted by Gasteiger charge is 2.19. The average Bonchev–Trinajstić information content (AvgIpc) is 3.28. The van der Waals surface area contributed by atoms with Gasteiger partial charge in [0.1, 0.15) is 0 Å². The maximum Gasteiger partial charge on any atom is 0.266 e. The summed E-state index contributed by atoms with van der Waals surface area (Å²) in [4.78, 5) is 35.1. The lowest BCUT2D eigenvalue weighted by Crippen LogP contribution is -2.29. The summed E-state index contributed by atoms with van der Waals surface area (Å²) in [5, 5.41) is 3.26. The van der Waals surface area contributed by atoms with Crippen LogP contribution in [0.2, 0.25) is 0 Å². The molecule has 4 rings (SSSR count). The van der Waals surface area contributed by atoms with Crippen LogP contribution < -0.4 is 5.56 Å². The van der Waals surface area contributed by atoms with Crippen molar-refractivity contribution in [3.8, 4) is 11.4 Å². The molecule has 1 aliphatic rings. The molecular weight excluding hydrogens is 350 g/mol. The molecular formula is C18H19N5O2S. The van der Waals surface area contributed by atoms with Crippen molar-refractivity contribution in [2.75, 3.05) is 18.8 Å². The van der Waals surface area contributed by atoms with Gasteiger partial charge in [0.05, 0.1) is 5.75 Å². The first-order valence-corrected chi connectivity index (χ1v) is 9.57. The third-order valence-electron chi connectivity index (χ3n) is 4.49. The number of hydrogen-bond acceptors (Lipinski definition) is 5. The number of aryl methyl sites for hydroxylation is 1. The van der Waals surface area contributed by atoms with Crippen molar-refractivity contribution < 1.29 is 4.79 Å². The van der Waals surface area contributed by atoms with Crippen LogP contribution in [0.5, 0.6) is 0 Å². The summed E-state index contributed by atoms with van der Waals surface area (Å²) in [7, 11) is 0. The molecule has 1 amide bonds. The minimum absolute atomic E-state index is 0.103. The fourth-order valence-corrected chi connectivity index (χ4v) is 3.96. The highest BCUT2D eigenvalue weighted by molar-refractivity contribution is 7.99. The second-order valence-corrected chi connectivity index (χ2v) is 7.28. The zero-order chi connectivity index (χ0) is 18.1. The quantitative estimate of drug-likeness (QED) is 0.712. The molecule has 3 aromatic rings. The Bertz CT molecular complexity index is 1020. The molecule has 1 N–H and O–H groups in total. The molecule has 0 radical (unpaired) electrons. The van der Waals surface area contributed by atoms with E-state index in [2.05, 4.69) is 15.1 Å².